The quantitative estimate of drug-likeness (QED) is 0.277. The largest absolute Gasteiger partial charge is 0.347 e. The zero-order valence-electron chi connectivity index (χ0n) is 21.6. The van der Waals surface area contributed by atoms with Crippen LogP contribution in [0.25, 0.3) is 11.0 Å². The van der Waals surface area contributed by atoms with Gasteiger partial charge in [-0.25, -0.2) is 9.13 Å². The number of anilines is 1. The number of rotatable bonds is 5. The van der Waals surface area contributed by atoms with Gasteiger partial charge in [0.2, 0.25) is 6.33 Å². The van der Waals surface area contributed by atoms with Crippen molar-refractivity contribution < 1.29 is 9.36 Å². The molecule has 0 fully saturated rings. The van der Waals surface area contributed by atoms with Gasteiger partial charge < -0.3 is 4.90 Å². The Labute approximate surface area is 208 Å². The van der Waals surface area contributed by atoms with Gasteiger partial charge in [0.15, 0.2) is 23.4 Å². The number of nitrogens with zero attached hydrogens (tertiary/aromatic N) is 3. The van der Waals surface area contributed by atoms with Crippen molar-refractivity contribution in [2.24, 2.45) is 0 Å². The third kappa shape index (κ3) is 4.07. The number of hydrogen-bond donors (Lipinski definition) is 0. The summed E-state index contributed by atoms with van der Waals surface area (Å²) in [5.41, 5.74) is 10.5. The first-order valence-corrected chi connectivity index (χ1v) is 12.3. The van der Waals surface area contributed by atoms with Gasteiger partial charge in [-0.2, -0.15) is 0 Å². The predicted molar refractivity (Wildman–Crippen MR) is 143 cm³/mol. The molecule has 1 aromatic heterocycles. The molecule has 0 spiro atoms. The molecule has 5 rings (SSSR count). The van der Waals surface area contributed by atoms with Gasteiger partial charge in [0, 0.05) is 29.9 Å². The Kier molecular flexibility index (Phi) is 5.63. The normalized spacial score (nSPS) is 15.7. The van der Waals surface area contributed by atoms with Crippen LogP contribution in [0.4, 0.5) is 5.69 Å². The van der Waals surface area contributed by atoms with Crippen molar-refractivity contribution in [3.8, 4) is 0 Å². The van der Waals surface area contributed by atoms with E-state index in [-0.39, 0.29) is 11.2 Å². The molecule has 4 nitrogen and oxygen atoms in total. The highest BCUT2D eigenvalue weighted by Gasteiger charge is 2.38. The lowest BCUT2D eigenvalue weighted by Gasteiger charge is -2.23. The van der Waals surface area contributed by atoms with E-state index in [1.54, 1.807) is 0 Å². The number of para-hydroxylation sites is 1. The Hall–Kier alpha value is -3.66. The van der Waals surface area contributed by atoms with Crippen LogP contribution in [0.1, 0.15) is 41.7 Å². The summed E-state index contributed by atoms with van der Waals surface area (Å²) in [6.45, 7) is 11.9. The topological polar surface area (TPSA) is 29.1 Å². The number of likely N-dealkylation sites (N-methyl/N-ethyl adjacent to an activating group) is 1. The molecule has 0 bridgehead atoms. The first-order valence-electron chi connectivity index (χ1n) is 12.3. The van der Waals surface area contributed by atoms with Gasteiger partial charge >= 0.3 is 0 Å². The molecule has 0 unspecified atom stereocenters. The van der Waals surface area contributed by atoms with E-state index in [2.05, 4.69) is 123 Å². The van der Waals surface area contributed by atoms with Crippen molar-refractivity contribution in [2.45, 2.75) is 53.1 Å². The van der Waals surface area contributed by atoms with Crippen LogP contribution in [0.5, 0.6) is 0 Å². The van der Waals surface area contributed by atoms with Gasteiger partial charge in [0.25, 0.3) is 0 Å². The van der Waals surface area contributed by atoms with Crippen molar-refractivity contribution in [2.75, 3.05) is 11.9 Å². The number of carbonyl (C=O) groups excluding carboxylic acids is 1. The summed E-state index contributed by atoms with van der Waals surface area (Å²) in [6, 6.07) is 21.5. The second-order valence-corrected chi connectivity index (χ2v) is 10.5. The fourth-order valence-electron chi connectivity index (χ4n) is 5.31. The maximum atomic E-state index is 13.4. The van der Waals surface area contributed by atoms with Gasteiger partial charge in [0.05, 0.1) is 0 Å². The van der Waals surface area contributed by atoms with Gasteiger partial charge in [-0.1, -0.05) is 61.9 Å². The van der Waals surface area contributed by atoms with Crippen LogP contribution in [-0.2, 0) is 23.3 Å². The molecule has 2 heterocycles. The predicted octanol–water partition coefficient (Wildman–Crippen LogP) is 5.78. The average molecular weight is 465 g/mol. The fraction of sp³-hybridized carbons (Fsp3) is 0.290. The number of benzene rings is 3. The molecule has 4 aromatic rings. The molecule has 0 radical (unpaired) electrons. The number of ketones is 1. The number of aryl methyl sites for hydroxylation is 3. The van der Waals surface area contributed by atoms with Crippen molar-refractivity contribution >= 4 is 22.5 Å². The molecule has 35 heavy (non-hydrogen) atoms. The number of hydrogen-bond acceptors (Lipinski definition) is 2. The van der Waals surface area contributed by atoms with E-state index in [0.29, 0.717) is 6.54 Å². The maximum absolute atomic E-state index is 13.4. The van der Waals surface area contributed by atoms with Crippen LogP contribution < -0.4 is 9.47 Å². The highest BCUT2D eigenvalue weighted by molar-refractivity contribution is 5.93. The number of imidazole rings is 1. The molecule has 1 aliphatic heterocycles. The average Bonchev–Trinajstić information content (AvgIpc) is 3.23. The minimum Gasteiger partial charge on any atom is -0.347 e. The lowest BCUT2D eigenvalue weighted by atomic mass is 9.83. The molecular formula is C31H34N3O+. The summed E-state index contributed by atoms with van der Waals surface area (Å²) in [5.74, 6) is 0.102. The highest BCUT2D eigenvalue weighted by Crippen LogP contribution is 2.46. The van der Waals surface area contributed by atoms with E-state index < -0.39 is 0 Å². The molecule has 0 aliphatic carbocycles. The highest BCUT2D eigenvalue weighted by atomic mass is 16.1. The Balaban J connectivity index is 1.50. The van der Waals surface area contributed by atoms with Crippen molar-refractivity contribution in [1.82, 2.24) is 4.57 Å². The summed E-state index contributed by atoms with van der Waals surface area (Å²) in [4.78, 5) is 15.6. The molecular weight excluding hydrogens is 430 g/mol. The first kappa shape index (κ1) is 23.1. The summed E-state index contributed by atoms with van der Waals surface area (Å²) < 4.78 is 4.36. The van der Waals surface area contributed by atoms with E-state index in [0.717, 1.165) is 23.3 Å². The van der Waals surface area contributed by atoms with E-state index in [9.17, 15) is 4.79 Å². The molecule has 3 aromatic carbocycles. The van der Waals surface area contributed by atoms with Crippen molar-refractivity contribution in [3.05, 3.63) is 107 Å². The number of allylic oxidation sites excluding steroid dienone is 2. The molecule has 0 N–H and O–H groups in total. The minimum absolute atomic E-state index is 0.102. The summed E-state index contributed by atoms with van der Waals surface area (Å²) in [5, 5.41) is 0. The van der Waals surface area contributed by atoms with E-state index >= 15 is 0 Å². The molecule has 0 atom stereocenters. The molecule has 4 heteroatoms. The number of carbonyl (C=O) groups is 1. The summed E-state index contributed by atoms with van der Waals surface area (Å²) in [7, 11) is 2.05. The van der Waals surface area contributed by atoms with E-state index in [1.807, 2.05) is 6.08 Å². The van der Waals surface area contributed by atoms with Crippen molar-refractivity contribution in [3.63, 3.8) is 0 Å². The summed E-state index contributed by atoms with van der Waals surface area (Å²) in [6.07, 6.45) is 3.94. The molecule has 0 saturated heterocycles. The SMILES string of the molecule is Cc1ccc(C[n+]2cn(CC(=O)/C=C3\N(C)c4ccccc4C3(C)C)c3cc(C)c(C)cc32)cc1. The van der Waals surface area contributed by atoms with Crippen molar-refractivity contribution in [1.29, 1.82) is 0 Å². The first-order chi connectivity index (χ1) is 16.6. The molecule has 0 saturated carbocycles. The monoisotopic (exact) mass is 464 g/mol. The van der Waals surface area contributed by atoms with Crippen LogP contribution in [-0.4, -0.2) is 17.4 Å². The molecule has 0 amide bonds. The third-order valence-corrected chi connectivity index (χ3v) is 7.53. The lowest BCUT2D eigenvalue weighted by Crippen LogP contribution is -2.33. The third-order valence-electron chi connectivity index (χ3n) is 7.53. The number of aromatic nitrogens is 2. The molecule has 178 valence electrons. The Bertz CT molecular complexity index is 1470. The van der Waals surface area contributed by atoms with Crippen LogP contribution in [0.3, 0.4) is 0 Å². The Morgan fingerprint density at radius 2 is 1.66 bits per heavy atom. The lowest BCUT2D eigenvalue weighted by molar-refractivity contribution is -0.663. The van der Waals surface area contributed by atoms with Crippen LogP contribution >= 0.6 is 0 Å². The van der Waals surface area contributed by atoms with Crippen LogP contribution in [0, 0.1) is 20.8 Å². The van der Waals surface area contributed by atoms with Gasteiger partial charge in [-0.3, -0.25) is 4.79 Å². The molecule has 1 aliphatic rings. The zero-order valence-corrected chi connectivity index (χ0v) is 21.6. The van der Waals surface area contributed by atoms with Crippen LogP contribution in [0.2, 0.25) is 0 Å². The second-order valence-electron chi connectivity index (χ2n) is 10.5. The minimum atomic E-state index is -0.210. The Morgan fingerprint density at radius 1 is 0.971 bits per heavy atom. The zero-order chi connectivity index (χ0) is 24.9. The van der Waals surface area contributed by atoms with Gasteiger partial charge in [-0.15, -0.1) is 0 Å². The van der Waals surface area contributed by atoms with Crippen LogP contribution in [0.15, 0.2) is 78.8 Å². The van der Waals surface area contributed by atoms with E-state index in [1.165, 1.54) is 33.5 Å². The Morgan fingerprint density at radius 3 is 2.37 bits per heavy atom. The maximum Gasteiger partial charge on any atom is 0.245 e. The number of fused-ring (bicyclic) bond motifs is 2. The van der Waals surface area contributed by atoms with Gasteiger partial charge in [0.1, 0.15) is 6.54 Å². The smallest absolute Gasteiger partial charge is 0.245 e. The summed E-state index contributed by atoms with van der Waals surface area (Å²) >= 11 is 0. The fourth-order valence-corrected chi connectivity index (χ4v) is 5.31. The van der Waals surface area contributed by atoms with Gasteiger partial charge in [-0.05, 0) is 61.2 Å². The second kappa shape index (κ2) is 8.53. The van der Waals surface area contributed by atoms with E-state index in [4.69, 9.17) is 0 Å². The standard InChI is InChI=1S/C31H34N3O/c1-21-11-13-24(14-12-21)18-33-20-34(29-16-23(3)22(2)15-28(29)33)19-25(35)17-30-31(4,5)26-9-7-8-10-27(26)32(30)6/h7-17,20H,18-19H2,1-6H3/q+1/b30-17-.